The van der Waals surface area contributed by atoms with E-state index in [9.17, 15) is 4.79 Å². The van der Waals surface area contributed by atoms with E-state index in [0.29, 0.717) is 24.7 Å². The molecule has 1 unspecified atom stereocenters. The molecule has 1 aliphatic heterocycles. The van der Waals surface area contributed by atoms with E-state index >= 15 is 0 Å². The first-order valence-electron chi connectivity index (χ1n) is 8.55. The summed E-state index contributed by atoms with van der Waals surface area (Å²) in [5, 5.41) is 6.81. The van der Waals surface area contributed by atoms with Crippen LogP contribution in [0.25, 0.3) is 22.4 Å². The number of nitrogens with zero attached hydrogens (tertiary/aromatic N) is 1. The third-order valence-electron chi connectivity index (χ3n) is 4.34. The second-order valence-corrected chi connectivity index (χ2v) is 6.68. The summed E-state index contributed by atoms with van der Waals surface area (Å²) in [5.74, 6) is 0.714. The smallest absolute Gasteiger partial charge is 0.226 e. The lowest BCUT2D eigenvalue weighted by atomic mass is 10.1. The van der Waals surface area contributed by atoms with Gasteiger partial charge < -0.3 is 20.4 Å². The quantitative estimate of drug-likeness (QED) is 0.659. The molecule has 1 aromatic heterocycles. The number of ether oxygens (including phenoxy) is 1. The second-order valence-electron chi connectivity index (χ2n) is 6.28. The number of rotatable bonds is 4. The van der Waals surface area contributed by atoms with E-state index in [1.54, 1.807) is 0 Å². The fourth-order valence-electron chi connectivity index (χ4n) is 3.03. The average molecular weight is 371 g/mol. The van der Waals surface area contributed by atoms with Gasteiger partial charge in [0, 0.05) is 30.3 Å². The number of benzene rings is 2. The van der Waals surface area contributed by atoms with Gasteiger partial charge in [0.15, 0.2) is 0 Å². The van der Waals surface area contributed by atoms with Gasteiger partial charge in [-0.2, -0.15) is 0 Å². The molecule has 6 nitrogen and oxygen atoms in total. The molecule has 4 rings (SSSR count). The minimum Gasteiger partial charge on any atom is -0.378 e. The molecule has 2 heterocycles. The number of para-hydroxylation sites is 1. The van der Waals surface area contributed by atoms with E-state index in [0.717, 1.165) is 34.7 Å². The molecule has 1 fully saturated rings. The van der Waals surface area contributed by atoms with Crippen molar-refractivity contribution in [3.05, 3.63) is 47.5 Å². The molecule has 3 aromatic rings. The van der Waals surface area contributed by atoms with E-state index in [1.165, 1.54) is 0 Å². The number of carbonyl (C=O) groups excluding carboxylic acids is 1. The van der Waals surface area contributed by atoms with Crippen molar-refractivity contribution < 1.29 is 9.53 Å². The molecule has 1 amide bonds. The van der Waals surface area contributed by atoms with Gasteiger partial charge in [0.05, 0.1) is 23.8 Å². The first kappa shape index (κ1) is 17.0. The topological polar surface area (TPSA) is 79.0 Å². The molecule has 7 heteroatoms. The summed E-state index contributed by atoms with van der Waals surface area (Å²) >= 11 is 6.18. The number of nitrogens with one attached hydrogen (secondary N) is 3. The first-order valence-corrected chi connectivity index (χ1v) is 8.92. The number of hydrogen-bond donors (Lipinski definition) is 3. The lowest BCUT2D eigenvalue weighted by Crippen LogP contribution is -2.43. The molecule has 0 aliphatic carbocycles. The highest BCUT2D eigenvalue weighted by molar-refractivity contribution is 6.35. The van der Waals surface area contributed by atoms with Gasteiger partial charge in [-0.05, 0) is 36.4 Å². The number of imidazole rings is 1. The Hall–Kier alpha value is -2.41. The fraction of sp³-hybridized carbons (Fsp3) is 0.263. The standard InChI is InChI=1S/C19H19ClN4O2/c20-15-2-1-3-16-18(15)24-19(23-16)12-4-6-13(7-5-12)22-17(25)10-14-11-26-9-8-21-14/h1-7,14,21H,8-11H2,(H,22,25)(H,23,24). The molecule has 2 aromatic carbocycles. The van der Waals surface area contributed by atoms with Crippen molar-refractivity contribution in [2.24, 2.45) is 0 Å². The van der Waals surface area contributed by atoms with Crippen LogP contribution >= 0.6 is 11.6 Å². The number of halogens is 1. The van der Waals surface area contributed by atoms with Gasteiger partial charge >= 0.3 is 0 Å². The third kappa shape index (κ3) is 3.72. The molecule has 134 valence electrons. The zero-order valence-electron chi connectivity index (χ0n) is 14.1. The predicted molar refractivity (Wildman–Crippen MR) is 102 cm³/mol. The normalized spacial score (nSPS) is 17.3. The zero-order valence-corrected chi connectivity index (χ0v) is 14.8. The van der Waals surface area contributed by atoms with Crippen LogP contribution in [0, 0.1) is 0 Å². The summed E-state index contributed by atoms with van der Waals surface area (Å²) in [6.07, 6.45) is 0.393. The SMILES string of the molecule is O=C(CC1COCCN1)Nc1ccc(-c2nc3c(Cl)cccc3[nH]2)cc1. The second kappa shape index (κ2) is 7.45. The number of hydrogen-bond acceptors (Lipinski definition) is 4. The molecule has 0 radical (unpaired) electrons. The van der Waals surface area contributed by atoms with Crippen LogP contribution in [0.15, 0.2) is 42.5 Å². The molecule has 1 atom stereocenters. The number of morpholine rings is 1. The maximum absolute atomic E-state index is 12.2. The largest absolute Gasteiger partial charge is 0.378 e. The van der Waals surface area contributed by atoms with Crippen LogP contribution in [-0.2, 0) is 9.53 Å². The highest BCUT2D eigenvalue weighted by Crippen LogP contribution is 2.26. The van der Waals surface area contributed by atoms with E-state index in [-0.39, 0.29) is 11.9 Å². The number of fused-ring (bicyclic) bond motifs is 1. The Balaban J connectivity index is 1.44. The van der Waals surface area contributed by atoms with Gasteiger partial charge in [0.2, 0.25) is 5.91 Å². The minimum atomic E-state index is -0.0312. The van der Waals surface area contributed by atoms with Crippen LogP contribution < -0.4 is 10.6 Å². The lowest BCUT2D eigenvalue weighted by molar-refractivity contribution is -0.117. The maximum Gasteiger partial charge on any atom is 0.226 e. The Labute approximate surface area is 155 Å². The summed E-state index contributed by atoms with van der Waals surface area (Å²) in [6.45, 7) is 2.06. The van der Waals surface area contributed by atoms with Crippen molar-refractivity contribution in [2.45, 2.75) is 12.5 Å². The first-order chi connectivity index (χ1) is 12.7. The number of amides is 1. The van der Waals surface area contributed by atoms with Gasteiger partial charge in [0.1, 0.15) is 11.3 Å². The fourth-order valence-corrected chi connectivity index (χ4v) is 3.25. The number of aromatic nitrogens is 2. The molecule has 26 heavy (non-hydrogen) atoms. The maximum atomic E-state index is 12.2. The van der Waals surface area contributed by atoms with Crippen molar-refractivity contribution in [1.82, 2.24) is 15.3 Å². The predicted octanol–water partition coefficient (Wildman–Crippen LogP) is 3.20. The zero-order chi connectivity index (χ0) is 17.9. The number of H-pyrrole nitrogens is 1. The molecule has 0 saturated carbocycles. The molecular formula is C19H19ClN4O2. The van der Waals surface area contributed by atoms with Crippen LogP contribution in [0.4, 0.5) is 5.69 Å². The van der Waals surface area contributed by atoms with Crippen molar-refractivity contribution in [1.29, 1.82) is 0 Å². The van der Waals surface area contributed by atoms with Crippen LogP contribution in [-0.4, -0.2) is 41.7 Å². The van der Waals surface area contributed by atoms with Crippen LogP contribution in [0.2, 0.25) is 5.02 Å². The van der Waals surface area contributed by atoms with Crippen molar-refractivity contribution in [3.63, 3.8) is 0 Å². The van der Waals surface area contributed by atoms with Crippen molar-refractivity contribution >= 4 is 34.2 Å². The number of anilines is 1. The molecule has 0 spiro atoms. The Morgan fingerprint density at radius 2 is 2.12 bits per heavy atom. The Kier molecular flexibility index (Phi) is 4.88. The summed E-state index contributed by atoms with van der Waals surface area (Å²) in [7, 11) is 0. The van der Waals surface area contributed by atoms with Crippen LogP contribution in [0.5, 0.6) is 0 Å². The highest BCUT2D eigenvalue weighted by Gasteiger charge is 2.17. The molecule has 0 bridgehead atoms. The van der Waals surface area contributed by atoms with Gasteiger partial charge in [-0.15, -0.1) is 0 Å². The Bertz CT molecular complexity index is 917. The Morgan fingerprint density at radius 1 is 1.27 bits per heavy atom. The summed E-state index contributed by atoms with van der Waals surface area (Å²) in [6, 6.07) is 13.3. The van der Waals surface area contributed by atoms with Gasteiger partial charge in [-0.1, -0.05) is 17.7 Å². The van der Waals surface area contributed by atoms with Crippen LogP contribution in [0.3, 0.4) is 0 Å². The summed E-state index contributed by atoms with van der Waals surface area (Å²) in [5.41, 5.74) is 3.33. The van der Waals surface area contributed by atoms with E-state index in [1.807, 2.05) is 42.5 Å². The van der Waals surface area contributed by atoms with Crippen molar-refractivity contribution in [2.75, 3.05) is 25.1 Å². The monoisotopic (exact) mass is 370 g/mol. The lowest BCUT2D eigenvalue weighted by Gasteiger charge is -2.23. The van der Waals surface area contributed by atoms with E-state index in [4.69, 9.17) is 16.3 Å². The molecular weight excluding hydrogens is 352 g/mol. The minimum absolute atomic E-state index is 0.0312. The van der Waals surface area contributed by atoms with Gasteiger partial charge in [0.25, 0.3) is 0 Å². The third-order valence-corrected chi connectivity index (χ3v) is 4.64. The highest BCUT2D eigenvalue weighted by atomic mass is 35.5. The summed E-state index contributed by atoms with van der Waals surface area (Å²) in [4.78, 5) is 20.0. The van der Waals surface area contributed by atoms with Gasteiger partial charge in [-0.25, -0.2) is 4.98 Å². The number of aromatic amines is 1. The van der Waals surface area contributed by atoms with E-state index in [2.05, 4.69) is 20.6 Å². The van der Waals surface area contributed by atoms with Crippen molar-refractivity contribution in [3.8, 4) is 11.4 Å². The van der Waals surface area contributed by atoms with E-state index < -0.39 is 0 Å². The number of carbonyl (C=O) groups is 1. The average Bonchev–Trinajstić information content (AvgIpc) is 3.09. The molecule has 1 saturated heterocycles. The molecule has 1 aliphatic rings. The molecule has 3 N–H and O–H groups in total. The van der Waals surface area contributed by atoms with Gasteiger partial charge in [-0.3, -0.25) is 4.79 Å². The summed E-state index contributed by atoms with van der Waals surface area (Å²) < 4.78 is 5.37. The van der Waals surface area contributed by atoms with Crippen LogP contribution in [0.1, 0.15) is 6.42 Å². The Morgan fingerprint density at radius 3 is 2.85 bits per heavy atom.